The van der Waals surface area contributed by atoms with Crippen molar-refractivity contribution in [3.05, 3.63) is 42.7 Å². The van der Waals surface area contributed by atoms with Gasteiger partial charge in [0.05, 0.1) is 6.10 Å². The standard InChI is InChI=1S/C16H19FN4O3/c17-12-2-4-13(5-3-12)24-14-6-1-11(16(14)23)7-19-15(22)8-21-10-18-9-20-21/h2-5,9-11,14,16,23H,1,6-8H2,(H,19,22)/t11-,14-,16-/m1/s1. The Kier molecular flexibility index (Phi) is 5.05. The Balaban J connectivity index is 1.46. The smallest absolute Gasteiger partial charge is 0.241 e. The molecule has 1 aromatic carbocycles. The zero-order chi connectivity index (χ0) is 16.9. The van der Waals surface area contributed by atoms with Crippen LogP contribution in [0.1, 0.15) is 12.8 Å². The number of rotatable bonds is 6. The molecule has 0 spiro atoms. The molecule has 1 fully saturated rings. The fraction of sp³-hybridized carbons (Fsp3) is 0.438. The lowest BCUT2D eigenvalue weighted by molar-refractivity contribution is -0.122. The van der Waals surface area contributed by atoms with Crippen molar-refractivity contribution in [2.24, 2.45) is 5.92 Å². The molecule has 2 aromatic rings. The maximum Gasteiger partial charge on any atom is 0.241 e. The van der Waals surface area contributed by atoms with Crippen LogP contribution in [-0.2, 0) is 11.3 Å². The SMILES string of the molecule is O=C(Cn1cncn1)NC[C@H]1CC[C@@H](Oc2ccc(F)cc2)[C@@H]1O. The van der Waals surface area contributed by atoms with E-state index >= 15 is 0 Å². The summed E-state index contributed by atoms with van der Waals surface area (Å²) in [6.07, 6.45) is 3.23. The largest absolute Gasteiger partial charge is 0.488 e. The number of carbonyl (C=O) groups excluding carboxylic acids is 1. The van der Waals surface area contributed by atoms with E-state index in [1.165, 1.54) is 41.6 Å². The van der Waals surface area contributed by atoms with Crippen LogP contribution >= 0.6 is 0 Å². The lowest BCUT2D eigenvalue weighted by Gasteiger charge is -2.21. The number of carbonyl (C=O) groups is 1. The van der Waals surface area contributed by atoms with Gasteiger partial charge in [-0.2, -0.15) is 5.10 Å². The summed E-state index contributed by atoms with van der Waals surface area (Å²) < 4.78 is 20.0. The number of ether oxygens (including phenoxy) is 1. The minimum absolute atomic E-state index is 0.0739. The Labute approximate surface area is 138 Å². The molecule has 0 saturated heterocycles. The highest BCUT2D eigenvalue weighted by Gasteiger charge is 2.36. The van der Waals surface area contributed by atoms with Crippen LogP contribution in [0.2, 0.25) is 0 Å². The summed E-state index contributed by atoms with van der Waals surface area (Å²) in [4.78, 5) is 15.6. The first-order valence-electron chi connectivity index (χ1n) is 7.81. The summed E-state index contributed by atoms with van der Waals surface area (Å²) in [6, 6.07) is 5.71. The Morgan fingerprint density at radius 3 is 2.88 bits per heavy atom. The van der Waals surface area contributed by atoms with Crippen LogP contribution in [0.4, 0.5) is 4.39 Å². The molecule has 1 aliphatic rings. The third-order valence-corrected chi connectivity index (χ3v) is 4.12. The molecule has 3 rings (SSSR count). The second kappa shape index (κ2) is 7.39. The Morgan fingerprint density at radius 1 is 1.38 bits per heavy atom. The van der Waals surface area contributed by atoms with Gasteiger partial charge in [0.15, 0.2) is 0 Å². The van der Waals surface area contributed by atoms with Crippen molar-refractivity contribution < 1.29 is 19.0 Å². The number of hydrogen-bond donors (Lipinski definition) is 2. The fourth-order valence-electron chi connectivity index (χ4n) is 2.83. The van der Waals surface area contributed by atoms with Crippen LogP contribution in [0, 0.1) is 11.7 Å². The molecule has 8 heteroatoms. The van der Waals surface area contributed by atoms with Crippen molar-refractivity contribution in [2.75, 3.05) is 6.54 Å². The van der Waals surface area contributed by atoms with Crippen LogP contribution in [0.5, 0.6) is 5.75 Å². The van der Waals surface area contributed by atoms with Gasteiger partial charge in [-0.15, -0.1) is 0 Å². The number of amides is 1. The lowest BCUT2D eigenvalue weighted by atomic mass is 10.1. The molecule has 2 N–H and O–H groups in total. The molecule has 0 aliphatic heterocycles. The van der Waals surface area contributed by atoms with Gasteiger partial charge in [0, 0.05) is 12.5 Å². The molecule has 1 heterocycles. The minimum Gasteiger partial charge on any atom is -0.488 e. The van der Waals surface area contributed by atoms with Gasteiger partial charge in [0.1, 0.15) is 36.9 Å². The Morgan fingerprint density at radius 2 is 2.17 bits per heavy atom. The molecular weight excluding hydrogens is 315 g/mol. The van der Waals surface area contributed by atoms with Gasteiger partial charge in [-0.1, -0.05) is 0 Å². The highest BCUT2D eigenvalue weighted by atomic mass is 19.1. The predicted molar refractivity (Wildman–Crippen MR) is 82.6 cm³/mol. The Bertz CT molecular complexity index is 662. The summed E-state index contributed by atoms with van der Waals surface area (Å²) in [6.45, 7) is 0.469. The molecule has 0 radical (unpaired) electrons. The van der Waals surface area contributed by atoms with E-state index in [4.69, 9.17) is 4.74 Å². The molecule has 1 amide bonds. The molecule has 0 bridgehead atoms. The number of benzene rings is 1. The van der Waals surface area contributed by atoms with Crippen LogP contribution in [0.3, 0.4) is 0 Å². The molecule has 128 valence electrons. The van der Waals surface area contributed by atoms with Crippen molar-refractivity contribution in [3.8, 4) is 5.75 Å². The minimum atomic E-state index is -0.679. The van der Waals surface area contributed by atoms with Gasteiger partial charge in [-0.25, -0.2) is 14.1 Å². The predicted octanol–water partition coefficient (Wildman–Crippen LogP) is 0.752. The quantitative estimate of drug-likeness (QED) is 0.814. The highest BCUT2D eigenvalue weighted by Crippen LogP contribution is 2.29. The van der Waals surface area contributed by atoms with Crippen molar-refractivity contribution in [1.82, 2.24) is 20.1 Å². The second-order valence-corrected chi connectivity index (χ2v) is 5.84. The summed E-state index contributed by atoms with van der Waals surface area (Å²) in [7, 11) is 0. The number of aromatic nitrogens is 3. The molecule has 24 heavy (non-hydrogen) atoms. The number of halogens is 1. The topological polar surface area (TPSA) is 89.3 Å². The zero-order valence-corrected chi connectivity index (χ0v) is 13.0. The molecule has 1 aromatic heterocycles. The van der Waals surface area contributed by atoms with Crippen LogP contribution in [0.25, 0.3) is 0 Å². The van der Waals surface area contributed by atoms with Crippen LogP contribution in [0.15, 0.2) is 36.9 Å². The van der Waals surface area contributed by atoms with Crippen molar-refractivity contribution in [1.29, 1.82) is 0 Å². The first-order chi connectivity index (χ1) is 11.6. The normalized spacial score (nSPS) is 23.2. The summed E-state index contributed by atoms with van der Waals surface area (Å²) in [5.74, 6) is -0.0654. The fourth-order valence-corrected chi connectivity index (χ4v) is 2.83. The molecule has 3 atom stereocenters. The van der Waals surface area contributed by atoms with Crippen molar-refractivity contribution in [2.45, 2.75) is 31.6 Å². The monoisotopic (exact) mass is 334 g/mol. The van der Waals surface area contributed by atoms with Crippen LogP contribution in [-0.4, -0.2) is 44.5 Å². The summed E-state index contributed by atoms with van der Waals surface area (Å²) in [5.41, 5.74) is 0. The van der Waals surface area contributed by atoms with Crippen molar-refractivity contribution >= 4 is 5.91 Å². The average Bonchev–Trinajstić information content (AvgIpc) is 3.19. The molecule has 1 saturated carbocycles. The van der Waals surface area contributed by atoms with E-state index in [1.54, 1.807) is 0 Å². The van der Waals surface area contributed by atoms with Crippen molar-refractivity contribution in [3.63, 3.8) is 0 Å². The van der Waals surface area contributed by atoms with Gasteiger partial charge in [0.25, 0.3) is 0 Å². The number of nitrogens with zero attached hydrogens (tertiary/aromatic N) is 3. The van der Waals surface area contributed by atoms with E-state index in [0.29, 0.717) is 18.7 Å². The van der Waals surface area contributed by atoms with E-state index < -0.39 is 6.10 Å². The van der Waals surface area contributed by atoms with Crippen LogP contribution < -0.4 is 10.1 Å². The first kappa shape index (κ1) is 16.4. The van der Waals surface area contributed by atoms with Gasteiger partial charge in [-0.3, -0.25) is 4.79 Å². The van der Waals surface area contributed by atoms with Gasteiger partial charge in [-0.05, 0) is 37.1 Å². The van der Waals surface area contributed by atoms with Gasteiger partial charge < -0.3 is 15.2 Å². The molecule has 0 unspecified atom stereocenters. The van der Waals surface area contributed by atoms with E-state index in [2.05, 4.69) is 15.4 Å². The number of aliphatic hydroxyl groups excluding tert-OH is 1. The molecule has 1 aliphatic carbocycles. The number of aliphatic hydroxyl groups is 1. The van der Waals surface area contributed by atoms with E-state index in [1.807, 2.05) is 0 Å². The summed E-state index contributed by atoms with van der Waals surface area (Å²) in [5, 5.41) is 17.0. The van der Waals surface area contributed by atoms with Gasteiger partial charge >= 0.3 is 0 Å². The maximum absolute atomic E-state index is 12.9. The molecular formula is C16H19FN4O3. The average molecular weight is 334 g/mol. The second-order valence-electron chi connectivity index (χ2n) is 5.84. The van der Waals surface area contributed by atoms with E-state index in [9.17, 15) is 14.3 Å². The maximum atomic E-state index is 12.9. The zero-order valence-electron chi connectivity index (χ0n) is 13.0. The molecule has 7 nitrogen and oxygen atoms in total. The Hall–Kier alpha value is -2.48. The van der Waals surface area contributed by atoms with Gasteiger partial charge in [0.2, 0.25) is 5.91 Å². The number of hydrogen-bond acceptors (Lipinski definition) is 5. The highest BCUT2D eigenvalue weighted by molar-refractivity contribution is 5.75. The number of nitrogens with one attached hydrogen (secondary N) is 1. The van der Waals surface area contributed by atoms with E-state index in [0.717, 1.165) is 6.42 Å². The first-order valence-corrected chi connectivity index (χ1v) is 7.81. The van der Waals surface area contributed by atoms with E-state index in [-0.39, 0.29) is 30.3 Å². The third-order valence-electron chi connectivity index (χ3n) is 4.12. The third kappa shape index (κ3) is 4.08. The summed E-state index contributed by atoms with van der Waals surface area (Å²) >= 11 is 0. The lowest BCUT2D eigenvalue weighted by Crippen LogP contribution is -2.38.